The molecule has 0 N–H and O–H groups in total. The lowest BCUT2D eigenvalue weighted by atomic mass is 9.91. The van der Waals surface area contributed by atoms with Gasteiger partial charge < -0.3 is 4.90 Å². The third kappa shape index (κ3) is 3.85. The smallest absolute Gasteiger partial charge is 0.188 e. The molecular formula is C22H23N5OS. The molecule has 148 valence electrons. The van der Waals surface area contributed by atoms with Gasteiger partial charge in [-0.3, -0.25) is 4.79 Å². The Morgan fingerprint density at radius 3 is 2.86 bits per heavy atom. The van der Waals surface area contributed by atoms with E-state index in [0.29, 0.717) is 17.8 Å². The van der Waals surface area contributed by atoms with E-state index in [1.54, 1.807) is 0 Å². The van der Waals surface area contributed by atoms with Crippen LogP contribution in [-0.2, 0) is 16.6 Å². The van der Waals surface area contributed by atoms with Gasteiger partial charge in [-0.2, -0.15) is 10.2 Å². The van der Waals surface area contributed by atoms with Crippen molar-refractivity contribution >= 4 is 32.6 Å². The first-order valence-corrected chi connectivity index (χ1v) is 10.7. The summed E-state index contributed by atoms with van der Waals surface area (Å²) >= 11 is 1.49. The first-order chi connectivity index (χ1) is 14.0. The summed E-state index contributed by atoms with van der Waals surface area (Å²) in [6.45, 7) is 4.51. The lowest BCUT2D eigenvalue weighted by Crippen LogP contribution is -2.36. The third-order valence-corrected chi connectivity index (χ3v) is 6.51. The summed E-state index contributed by atoms with van der Waals surface area (Å²) in [6, 6.07) is 12.3. The Morgan fingerprint density at radius 2 is 2.10 bits per heavy atom. The predicted molar refractivity (Wildman–Crippen MR) is 114 cm³/mol. The average Bonchev–Trinajstić information content (AvgIpc) is 3.39. The number of Topliss-reactive ketones (excluding diaryl/α,β-unsaturated/α-hetero) is 1. The van der Waals surface area contributed by atoms with E-state index in [-0.39, 0.29) is 11.8 Å². The van der Waals surface area contributed by atoms with Gasteiger partial charge in [-0.15, -0.1) is 0 Å². The van der Waals surface area contributed by atoms with Crippen molar-refractivity contribution in [2.75, 3.05) is 11.4 Å². The van der Waals surface area contributed by atoms with E-state index in [4.69, 9.17) is 0 Å². The van der Waals surface area contributed by atoms with Gasteiger partial charge in [0.2, 0.25) is 0 Å². The topological polar surface area (TPSA) is 82.8 Å². The van der Waals surface area contributed by atoms with Crippen LogP contribution in [0.4, 0.5) is 5.13 Å². The molecule has 1 aliphatic heterocycles. The molecule has 0 bridgehead atoms. The molecule has 0 saturated carbocycles. The van der Waals surface area contributed by atoms with E-state index < -0.39 is 5.41 Å². The molecule has 0 aliphatic carbocycles. The fourth-order valence-electron chi connectivity index (χ4n) is 3.77. The minimum Gasteiger partial charge on any atom is -0.338 e. The van der Waals surface area contributed by atoms with Crippen molar-refractivity contribution in [1.29, 1.82) is 5.26 Å². The molecule has 1 aromatic carbocycles. The number of hydrogen-bond acceptors (Lipinski definition) is 7. The van der Waals surface area contributed by atoms with Crippen LogP contribution >= 0.6 is 11.3 Å². The molecule has 0 radical (unpaired) electrons. The zero-order chi connectivity index (χ0) is 20.4. The maximum absolute atomic E-state index is 13.0. The fourth-order valence-corrected chi connectivity index (χ4v) is 5.02. The van der Waals surface area contributed by atoms with Crippen LogP contribution in [0.15, 0.2) is 36.7 Å². The quantitative estimate of drug-likeness (QED) is 0.615. The van der Waals surface area contributed by atoms with Crippen molar-refractivity contribution in [3.8, 4) is 6.07 Å². The number of ketones is 1. The van der Waals surface area contributed by atoms with Gasteiger partial charge >= 0.3 is 0 Å². The normalized spacial score (nSPS) is 16.9. The highest BCUT2D eigenvalue weighted by molar-refractivity contribution is 7.22. The summed E-state index contributed by atoms with van der Waals surface area (Å²) in [4.78, 5) is 28.4. The lowest BCUT2D eigenvalue weighted by Gasteiger charge is -2.22. The number of aryl methyl sites for hydroxylation is 1. The highest BCUT2D eigenvalue weighted by Gasteiger charge is 2.33. The Kier molecular flexibility index (Phi) is 5.29. The molecule has 3 aromatic rings. The first kappa shape index (κ1) is 19.5. The van der Waals surface area contributed by atoms with Gasteiger partial charge in [0.1, 0.15) is 6.33 Å². The van der Waals surface area contributed by atoms with Gasteiger partial charge in [0.05, 0.1) is 27.9 Å². The average molecular weight is 406 g/mol. The number of carbonyl (C=O) groups is 1. The molecule has 0 spiro atoms. The summed E-state index contributed by atoms with van der Waals surface area (Å²) in [5, 5.41) is 10.3. The van der Waals surface area contributed by atoms with Crippen LogP contribution in [0.1, 0.15) is 44.4 Å². The minimum absolute atomic E-state index is 0.139. The molecule has 1 saturated heterocycles. The number of nitrogens with zero attached hydrogens (tertiary/aromatic N) is 5. The zero-order valence-electron chi connectivity index (χ0n) is 16.6. The molecule has 29 heavy (non-hydrogen) atoms. The second kappa shape index (κ2) is 7.88. The summed E-state index contributed by atoms with van der Waals surface area (Å²) in [5.74, 6) is 0.259. The predicted octanol–water partition coefficient (Wildman–Crippen LogP) is 4.06. The van der Waals surface area contributed by atoms with Crippen molar-refractivity contribution in [2.24, 2.45) is 0 Å². The standard InChI is InChI=1S/C22H23N5OS/c1-22(2,13-23)19-18-20(25-14-24-19)26-21(29-18)27-12-6-9-16(27)17(28)11-10-15-7-4-3-5-8-15/h3-5,7-8,14,16H,6,9-12H2,1-2H3/t16-/m1/s1. The number of fused-ring (bicyclic) bond motifs is 1. The summed E-state index contributed by atoms with van der Waals surface area (Å²) in [7, 11) is 0. The molecule has 7 heteroatoms. The summed E-state index contributed by atoms with van der Waals surface area (Å²) in [5.41, 5.74) is 1.76. The lowest BCUT2D eigenvalue weighted by molar-refractivity contribution is -0.120. The number of carbonyl (C=O) groups excluding carboxylic acids is 1. The SMILES string of the molecule is CC(C)(C#N)c1ncnc2nc(N3CCC[C@@H]3C(=O)CCc3ccccc3)sc12. The number of nitriles is 1. The number of hydrogen-bond donors (Lipinski definition) is 0. The number of rotatable bonds is 6. The molecule has 2 aromatic heterocycles. The van der Waals surface area contributed by atoms with Crippen LogP contribution in [0.25, 0.3) is 10.3 Å². The van der Waals surface area contributed by atoms with Crippen LogP contribution < -0.4 is 4.90 Å². The van der Waals surface area contributed by atoms with Crippen molar-refractivity contribution < 1.29 is 4.79 Å². The van der Waals surface area contributed by atoms with Crippen molar-refractivity contribution in [3.05, 3.63) is 47.9 Å². The van der Waals surface area contributed by atoms with E-state index in [2.05, 4.69) is 38.1 Å². The highest BCUT2D eigenvalue weighted by Crippen LogP contribution is 2.37. The molecule has 1 atom stereocenters. The maximum Gasteiger partial charge on any atom is 0.188 e. The molecule has 0 unspecified atom stereocenters. The Balaban J connectivity index is 1.57. The van der Waals surface area contributed by atoms with Crippen LogP contribution in [-0.4, -0.2) is 33.3 Å². The van der Waals surface area contributed by atoms with Crippen LogP contribution in [0.5, 0.6) is 0 Å². The number of benzene rings is 1. The van der Waals surface area contributed by atoms with Gasteiger partial charge in [-0.1, -0.05) is 41.7 Å². The zero-order valence-corrected chi connectivity index (χ0v) is 17.4. The van der Waals surface area contributed by atoms with E-state index in [1.165, 1.54) is 23.2 Å². The largest absolute Gasteiger partial charge is 0.338 e. The monoisotopic (exact) mass is 405 g/mol. The highest BCUT2D eigenvalue weighted by atomic mass is 32.1. The van der Waals surface area contributed by atoms with Gasteiger partial charge in [0.15, 0.2) is 16.6 Å². The fraction of sp³-hybridized carbons (Fsp3) is 0.409. The second-order valence-corrected chi connectivity index (χ2v) is 8.89. The Bertz CT molecular complexity index is 1070. The third-order valence-electron chi connectivity index (χ3n) is 5.42. The van der Waals surface area contributed by atoms with E-state index in [1.807, 2.05) is 32.0 Å². The van der Waals surface area contributed by atoms with Gasteiger partial charge in [0, 0.05) is 13.0 Å². The summed E-state index contributed by atoms with van der Waals surface area (Å²) in [6.07, 6.45) is 4.58. The van der Waals surface area contributed by atoms with Gasteiger partial charge in [-0.05, 0) is 38.7 Å². The molecule has 3 heterocycles. The second-order valence-electron chi connectivity index (χ2n) is 7.91. The molecule has 4 rings (SSSR count). The first-order valence-electron chi connectivity index (χ1n) is 9.86. The number of aromatic nitrogens is 3. The molecule has 1 aliphatic rings. The Morgan fingerprint density at radius 1 is 1.31 bits per heavy atom. The van der Waals surface area contributed by atoms with Crippen LogP contribution in [0.2, 0.25) is 0 Å². The number of thiazole rings is 1. The summed E-state index contributed by atoms with van der Waals surface area (Å²) < 4.78 is 0.830. The maximum atomic E-state index is 13.0. The van der Waals surface area contributed by atoms with E-state index in [9.17, 15) is 10.1 Å². The number of anilines is 1. The molecule has 0 amide bonds. The van der Waals surface area contributed by atoms with E-state index >= 15 is 0 Å². The Labute approximate surface area is 174 Å². The molecule has 6 nitrogen and oxygen atoms in total. The molecule has 1 fully saturated rings. The van der Waals surface area contributed by atoms with Gasteiger partial charge in [-0.25, -0.2) is 9.97 Å². The Hall–Kier alpha value is -2.85. The van der Waals surface area contributed by atoms with Crippen LogP contribution in [0.3, 0.4) is 0 Å². The van der Waals surface area contributed by atoms with Crippen molar-refractivity contribution in [2.45, 2.75) is 51.0 Å². The van der Waals surface area contributed by atoms with Gasteiger partial charge in [0.25, 0.3) is 0 Å². The van der Waals surface area contributed by atoms with E-state index in [0.717, 1.165) is 35.6 Å². The molecular weight excluding hydrogens is 382 g/mol. The van der Waals surface area contributed by atoms with Crippen LogP contribution in [0, 0.1) is 11.3 Å². The minimum atomic E-state index is -0.721. The van der Waals surface area contributed by atoms with Crippen molar-refractivity contribution in [1.82, 2.24) is 15.0 Å². The van der Waals surface area contributed by atoms with Crippen molar-refractivity contribution in [3.63, 3.8) is 0 Å².